The predicted octanol–water partition coefficient (Wildman–Crippen LogP) is 6.17. The maximum atomic E-state index is 13.3. The van der Waals surface area contributed by atoms with E-state index in [-0.39, 0.29) is 23.1 Å². The average molecular weight is 519 g/mol. The summed E-state index contributed by atoms with van der Waals surface area (Å²) < 4.78 is 2.73. The Morgan fingerprint density at radius 3 is 2.56 bits per heavy atom. The molecule has 1 aliphatic carbocycles. The van der Waals surface area contributed by atoms with Crippen molar-refractivity contribution in [1.82, 2.24) is 9.78 Å². The topological polar surface area (TPSA) is 76.0 Å². The minimum absolute atomic E-state index is 0.119. The van der Waals surface area contributed by atoms with Gasteiger partial charge < -0.3 is 10.6 Å². The van der Waals surface area contributed by atoms with Gasteiger partial charge in [-0.3, -0.25) is 9.59 Å². The Morgan fingerprint density at radius 2 is 1.85 bits per heavy atom. The molecule has 0 saturated carbocycles. The van der Waals surface area contributed by atoms with Crippen molar-refractivity contribution in [2.75, 3.05) is 10.6 Å². The zero-order valence-corrected chi connectivity index (χ0v) is 21.3. The molecule has 0 radical (unpaired) electrons. The molecule has 0 fully saturated rings. The molecule has 2 aliphatic rings. The van der Waals surface area contributed by atoms with Crippen LogP contribution in [0.4, 0.5) is 11.5 Å². The number of rotatable bonds is 3. The number of hydrogen-bond acceptors (Lipinski definition) is 4. The number of aromatic nitrogens is 2. The number of benzene rings is 2. The van der Waals surface area contributed by atoms with E-state index in [1.807, 2.05) is 56.3 Å². The molecule has 5 rings (SSSR count). The third kappa shape index (κ3) is 3.98. The van der Waals surface area contributed by atoms with E-state index in [1.54, 1.807) is 10.9 Å². The highest BCUT2D eigenvalue weighted by atomic mass is 79.9. The van der Waals surface area contributed by atoms with Gasteiger partial charge in [0.1, 0.15) is 17.4 Å². The summed E-state index contributed by atoms with van der Waals surface area (Å²) in [7, 11) is 0. The molecule has 1 amide bonds. The summed E-state index contributed by atoms with van der Waals surface area (Å²) in [6, 6.07) is 13.4. The molecular formula is C27H27BrN4O2. The minimum Gasteiger partial charge on any atom is -0.343 e. The van der Waals surface area contributed by atoms with Crippen LogP contribution in [0.5, 0.6) is 0 Å². The maximum absolute atomic E-state index is 13.3. The molecule has 2 N–H and O–H groups in total. The van der Waals surface area contributed by atoms with Gasteiger partial charge in [-0.05, 0) is 66.6 Å². The highest BCUT2D eigenvalue weighted by molar-refractivity contribution is 9.10. The van der Waals surface area contributed by atoms with Crippen LogP contribution in [-0.4, -0.2) is 21.5 Å². The van der Waals surface area contributed by atoms with Crippen molar-refractivity contribution in [3.8, 4) is 0 Å². The van der Waals surface area contributed by atoms with E-state index in [0.29, 0.717) is 17.8 Å². The number of anilines is 2. The van der Waals surface area contributed by atoms with Crippen LogP contribution in [0, 0.1) is 19.3 Å². The molecule has 0 bridgehead atoms. The van der Waals surface area contributed by atoms with Crippen LogP contribution in [0.25, 0.3) is 0 Å². The van der Waals surface area contributed by atoms with Crippen molar-refractivity contribution in [2.45, 2.75) is 46.6 Å². The van der Waals surface area contributed by atoms with Crippen molar-refractivity contribution in [1.29, 1.82) is 0 Å². The molecule has 1 aliphatic heterocycles. The zero-order valence-electron chi connectivity index (χ0n) is 19.7. The summed E-state index contributed by atoms with van der Waals surface area (Å²) in [6.07, 6.45) is 2.79. The van der Waals surface area contributed by atoms with Gasteiger partial charge in [-0.15, -0.1) is 0 Å². The number of aryl methyl sites for hydroxylation is 2. The maximum Gasteiger partial charge on any atom is 0.261 e. The van der Waals surface area contributed by atoms with Crippen molar-refractivity contribution in [3.63, 3.8) is 0 Å². The van der Waals surface area contributed by atoms with Gasteiger partial charge in [0.15, 0.2) is 5.78 Å². The van der Waals surface area contributed by atoms with E-state index in [2.05, 4.69) is 45.5 Å². The lowest BCUT2D eigenvalue weighted by Crippen LogP contribution is -2.37. The summed E-state index contributed by atoms with van der Waals surface area (Å²) in [5, 5.41) is 11.0. The number of allylic oxidation sites excluding steroid dienone is 2. The number of Topliss-reactive ketones (excluding diaryl/α,β-unsaturated/α-hetero) is 1. The van der Waals surface area contributed by atoms with Gasteiger partial charge in [-0.25, -0.2) is 4.68 Å². The summed E-state index contributed by atoms with van der Waals surface area (Å²) in [5.41, 5.74) is 5.88. The summed E-state index contributed by atoms with van der Waals surface area (Å²) in [6.45, 7) is 8.26. The predicted molar refractivity (Wildman–Crippen MR) is 137 cm³/mol. The molecule has 0 unspecified atom stereocenters. The van der Waals surface area contributed by atoms with Gasteiger partial charge in [-0.2, -0.15) is 5.10 Å². The molecular weight excluding hydrogens is 492 g/mol. The smallest absolute Gasteiger partial charge is 0.261 e. The first kappa shape index (κ1) is 22.6. The van der Waals surface area contributed by atoms with Crippen LogP contribution in [0.15, 0.2) is 64.4 Å². The van der Waals surface area contributed by atoms with Gasteiger partial charge in [0.25, 0.3) is 5.91 Å². The van der Waals surface area contributed by atoms with E-state index >= 15 is 0 Å². The second-order valence-corrected chi connectivity index (χ2v) is 10.9. The van der Waals surface area contributed by atoms with E-state index in [1.165, 1.54) is 5.56 Å². The number of nitrogens with one attached hydrogen (secondary N) is 2. The Balaban J connectivity index is 1.58. The lowest BCUT2D eigenvalue weighted by Gasteiger charge is -2.39. The Kier molecular flexibility index (Phi) is 5.47. The first-order valence-electron chi connectivity index (χ1n) is 11.4. The van der Waals surface area contributed by atoms with Crippen LogP contribution in [0.2, 0.25) is 0 Å². The van der Waals surface area contributed by atoms with E-state index in [9.17, 15) is 9.59 Å². The zero-order chi connectivity index (χ0) is 24.2. The number of hydrogen-bond donors (Lipinski definition) is 2. The minimum atomic E-state index is -0.383. The number of nitrogens with zero attached hydrogens (tertiary/aromatic N) is 2. The Morgan fingerprint density at radius 1 is 1.12 bits per heavy atom. The fourth-order valence-corrected chi connectivity index (χ4v) is 5.11. The number of carbonyl (C=O) groups excluding carboxylic acids is 2. The monoisotopic (exact) mass is 518 g/mol. The highest BCUT2D eigenvalue weighted by Gasteiger charge is 2.42. The molecule has 6 nitrogen and oxygen atoms in total. The number of amides is 1. The quantitative estimate of drug-likeness (QED) is 0.434. The first-order valence-corrected chi connectivity index (χ1v) is 12.2. The summed E-state index contributed by atoms with van der Waals surface area (Å²) in [4.78, 5) is 26.6. The molecule has 1 atom stereocenters. The van der Waals surface area contributed by atoms with Crippen molar-refractivity contribution >= 4 is 39.1 Å². The molecule has 34 heavy (non-hydrogen) atoms. The second kappa shape index (κ2) is 8.24. The lowest BCUT2D eigenvalue weighted by atomic mass is 9.73. The molecule has 7 heteroatoms. The fraction of sp³-hybridized carbons (Fsp3) is 0.296. The molecule has 0 spiro atoms. The molecule has 174 valence electrons. The Bertz CT molecular complexity index is 1350. The Labute approximate surface area is 207 Å². The second-order valence-electron chi connectivity index (χ2n) is 10.0. The van der Waals surface area contributed by atoms with Gasteiger partial charge in [0.2, 0.25) is 0 Å². The van der Waals surface area contributed by atoms with E-state index < -0.39 is 0 Å². The summed E-state index contributed by atoms with van der Waals surface area (Å²) in [5.74, 6) is 0.490. The Hall–Kier alpha value is -3.19. The van der Waals surface area contributed by atoms with Crippen molar-refractivity contribution in [2.24, 2.45) is 5.41 Å². The molecule has 2 aromatic carbocycles. The standard InChI is InChI=1S/C27H27BrN4O2/c1-15-5-10-19(11-16(15)2)30-26(34)20-14-29-32-24(17-6-8-18(28)9-7-17)23-21(31-25(20)32)12-27(3,4)13-22(23)33/h5-11,14,24,31H,12-13H2,1-4H3,(H,30,34)/t24-/m0/s1. The van der Waals surface area contributed by atoms with Gasteiger partial charge in [0, 0.05) is 27.9 Å². The highest BCUT2D eigenvalue weighted by Crippen LogP contribution is 2.46. The van der Waals surface area contributed by atoms with Crippen LogP contribution < -0.4 is 10.6 Å². The average Bonchev–Trinajstić information content (AvgIpc) is 3.18. The fourth-order valence-electron chi connectivity index (χ4n) is 4.85. The van der Waals surface area contributed by atoms with Gasteiger partial charge in [-0.1, -0.05) is 48.0 Å². The largest absolute Gasteiger partial charge is 0.343 e. The van der Waals surface area contributed by atoms with Crippen LogP contribution in [0.3, 0.4) is 0 Å². The SMILES string of the molecule is Cc1ccc(NC(=O)c2cnn3c2NC2=C(C(=O)CC(C)(C)C2)[C@@H]3c2ccc(Br)cc2)cc1C. The van der Waals surface area contributed by atoms with Gasteiger partial charge >= 0.3 is 0 Å². The van der Waals surface area contributed by atoms with E-state index in [0.717, 1.165) is 39.0 Å². The van der Waals surface area contributed by atoms with Crippen LogP contribution in [0.1, 0.15) is 59.8 Å². The van der Waals surface area contributed by atoms with Crippen LogP contribution >= 0.6 is 15.9 Å². The molecule has 3 aromatic rings. The van der Waals surface area contributed by atoms with E-state index in [4.69, 9.17) is 0 Å². The normalized spacial score (nSPS) is 18.7. The number of fused-ring (bicyclic) bond motifs is 1. The lowest BCUT2D eigenvalue weighted by molar-refractivity contribution is -0.118. The third-order valence-electron chi connectivity index (χ3n) is 6.70. The molecule has 2 heterocycles. The van der Waals surface area contributed by atoms with Crippen molar-refractivity contribution in [3.05, 3.63) is 86.7 Å². The van der Waals surface area contributed by atoms with Gasteiger partial charge in [0.05, 0.1) is 6.20 Å². The molecule has 1 aromatic heterocycles. The summed E-state index contributed by atoms with van der Waals surface area (Å²) >= 11 is 3.49. The third-order valence-corrected chi connectivity index (χ3v) is 7.23. The first-order chi connectivity index (χ1) is 16.1. The number of carbonyl (C=O) groups is 2. The van der Waals surface area contributed by atoms with Crippen LogP contribution in [-0.2, 0) is 4.79 Å². The number of halogens is 1. The number of ketones is 1. The van der Waals surface area contributed by atoms with Crippen molar-refractivity contribution < 1.29 is 9.59 Å². The molecule has 0 saturated heterocycles.